The van der Waals surface area contributed by atoms with Gasteiger partial charge in [0.05, 0.1) is 0 Å². The van der Waals surface area contributed by atoms with E-state index in [9.17, 15) is 4.79 Å². The Kier molecular flexibility index (Phi) is 28.5. The predicted molar refractivity (Wildman–Crippen MR) is 48.9 cm³/mol. The normalized spacial score (nSPS) is 10.2. The van der Waals surface area contributed by atoms with Crippen LogP contribution in [0.1, 0.15) is 20.8 Å². The van der Waals surface area contributed by atoms with E-state index in [2.05, 4.69) is 0 Å². The first kappa shape index (κ1) is 18.1. The first-order valence-corrected chi connectivity index (χ1v) is 4.72. The van der Waals surface area contributed by atoms with Gasteiger partial charge in [0, 0.05) is 35.6 Å². The number of rotatable bonds is 3. The summed E-state index contributed by atoms with van der Waals surface area (Å²) in [4.78, 5) is 9.76. The third-order valence-corrected chi connectivity index (χ3v) is 1.45. The van der Waals surface area contributed by atoms with Gasteiger partial charge in [-0.2, -0.15) is 25.6 Å². The molecule has 0 saturated carbocycles. The molecule has 1 atom stereocenters. The molecule has 1 nitrogen and oxygen atoms in total. The van der Waals surface area contributed by atoms with Crippen LogP contribution in [0, 0.1) is 47.9 Å². The second kappa shape index (κ2) is 17.3. The van der Waals surface area contributed by atoms with E-state index in [1.807, 2.05) is 39.7 Å². The predicted octanol–water partition coefficient (Wildman–Crippen LogP) is 2.33. The minimum absolute atomic E-state index is 0. The summed E-state index contributed by atoms with van der Waals surface area (Å²) in [7, 11) is 0. The molecule has 0 aromatic heterocycles. The zero-order chi connectivity index (χ0) is 8.41. The Bertz CT molecular complexity index is 69.1. The summed E-state index contributed by atoms with van der Waals surface area (Å²) in [6.07, 6.45) is 5.88. The SMILES string of the molecule is CSCC(C)[C-]=O.C[CH-]C.[La]. The summed E-state index contributed by atoms with van der Waals surface area (Å²) in [5, 5.41) is 0. The molecule has 1 radical (unpaired) electrons. The van der Waals surface area contributed by atoms with E-state index < -0.39 is 0 Å². The zero-order valence-corrected chi connectivity index (χ0v) is 12.2. The number of hydrogen-bond donors (Lipinski definition) is 0. The van der Waals surface area contributed by atoms with E-state index in [0.29, 0.717) is 0 Å². The third-order valence-electron chi connectivity index (χ3n) is 0.618. The Balaban J connectivity index is -0.000000140. The average Bonchev–Trinajstić information content (AvgIpc) is 1.90. The Morgan fingerprint density at radius 2 is 1.91 bits per heavy atom. The van der Waals surface area contributed by atoms with Crippen molar-refractivity contribution >= 4 is 18.0 Å². The van der Waals surface area contributed by atoms with Crippen LogP contribution in [-0.2, 0) is 4.79 Å². The minimum Gasteiger partial charge on any atom is -0.541 e. The van der Waals surface area contributed by atoms with Crippen LogP contribution in [0.3, 0.4) is 0 Å². The summed E-state index contributed by atoms with van der Waals surface area (Å²) in [5.41, 5.74) is 0. The summed E-state index contributed by atoms with van der Waals surface area (Å²) >= 11 is 1.67. The van der Waals surface area contributed by atoms with Gasteiger partial charge in [-0.3, -0.25) is 6.29 Å². The van der Waals surface area contributed by atoms with Crippen LogP contribution < -0.4 is 0 Å². The molecule has 0 aliphatic carbocycles. The van der Waals surface area contributed by atoms with Gasteiger partial charge in [0.25, 0.3) is 0 Å². The molecule has 0 rings (SSSR count). The van der Waals surface area contributed by atoms with Crippen molar-refractivity contribution in [2.75, 3.05) is 12.0 Å². The Labute approximate surface area is 103 Å². The molecule has 65 valence electrons. The van der Waals surface area contributed by atoms with Crippen LogP contribution in [0.2, 0.25) is 0 Å². The topological polar surface area (TPSA) is 17.1 Å². The van der Waals surface area contributed by atoms with Crippen LogP contribution >= 0.6 is 11.8 Å². The summed E-state index contributed by atoms with van der Waals surface area (Å²) in [6, 6.07) is 0. The average molecular weight is 299 g/mol. The molecule has 0 spiro atoms. The molecule has 0 amide bonds. The van der Waals surface area contributed by atoms with E-state index in [1.165, 1.54) is 0 Å². The van der Waals surface area contributed by atoms with Crippen molar-refractivity contribution in [3.8, 4) is 0 Å². The van der Waals surface area contributed by atoms with Crippen molar-refractivity contribution in [2.45, 2.75) is 20.8 Å². The molecule has 0 saturated heterocycles. The standard InChI is InChI=1S/C5H9OS.C3H7.La/c1-5(3-6)4-7-2;1-3-2;/h5H,4H2,1-2H3;3H,1-2H3;/q2*-1;. The number of hydrogen-bond acceptors (Lipinski definition) is 2. The van der Waals surface area contributed by atoms with E-state index in [4.69, 9.17) is 0 Å². The van der Waals surface area contributed by atoms with E-state index in [-0.39, 0.29) is 41.5 Å². The zero-order valence-electron chi connectivity index (χ0n) is 7.76. The maximum Gasteiger partial charge on any atom is 0 e. The first-order valence-electron chi connectivity index (χ1n) is 3.33. The fourth-order valence-electron chi connectivity index (χ4n) is 0.284. The molecule has 11 heavy (non-hydrogen) atoms. The summed E-state index contributed by atoms with van der Waals surface area (Å²) in [5.74, 6) is 0.999. The second-order valence-electron chi connectivity index (χ2n) is 2.05. The Hall–Kier alpha value is 1.21. The van der Waals surface area contributed by atoms with Gasteiger partial charge in [0.15, 0.2) is 0 Å². The van der Waals surface area contributed by atoms with Crippen LogP contribution in [0.5, 0.6) is 0 Å². The number of carbonyl (C=O) groups excluding carboxylic acids is 1. The van der Waals surface area contributed by atoms with Gasteiger partial charge in [-0.25, -0.2) is 0 Å². The molecule has 0 aliphatic heterocycles. The van der Waals surface area contributed by atoms with E-state index in [0.717, 1.165) is 5.75 Å². The van der Waals surface area contributed by atoms with E-state index in [1.54, 1.807) is 11.8 Å². The van der Waals surface area contributed by atoms with Crippen LogP contribution in [-0.4, -0.2) is 18.3 Å². The van der Waals surface area contributed by atoms with Gasteiger partial charge in [-0.15, -0.1) is 5.92 Å². The van der Waals surface area contributed by atoms with Crippen LogP contribution in [0.4, 0.5) is 0 Å². The van der Waals surface area contributed by atoms with Crippen molar-refractivity contribution in [3.63, 3.8) is 0 Å². The van der Waals surface area contributed by atoms with Gasteiger partial charge in [0.1, 0.15) is 0 Å². The fraction of sp³-hybridized carbons (Fsp3) is 0.750. The minimum atomic E-state index is 0. The van der Waals surface area contributed by atoms with Crippen LogP contribution in [0.15, 0.2) is 0 Å². The van der Waals surface area contributed by atoms with Gasteiger partial charge in [-0.1, -0.05) is 6.92 Å². The maximum atomic E-state index is 9.76. The molecule has 0 aromatic carbocycles. The van der Waals surface area contributed by atoms with Crippen molar-refractivity contribution < 1.29 is 40.4 Å². The monoisotopic (exact) mass is 299 g/mol. The van der Waals surface area contributed by atoms with Crippen molar-refractivity contribution in [3.05, 3.63) is 6.42 Å². The fourth-order valence-corrected chi connectivity index (χ4v) is 0.852. The molecular weight excluding hydrogens is 283 g/mol. The van der Waals surface area contributed by atoms with Crippen molar-refractivity contribution in [1.29, 1.82) is 0 Å². The van der Waals surface area contributed by atoms with Crippen molar-refractivity contribution in [1.82, 2.24) is 0 Å². The molecule has 0 N–H and O–H groups in total. The molecule has 0 fully saturated rings. The van der Waals surface area contributed by atoms with Gasteiger partial charge in [-0.05, 0) is 12.0 Å². The molecule has 0 aliphatic rings. The summed E-state index contributed by atoms with van der Waals surface area (Å²) in [6.45, 7) is 5.86. The van der Waals surface area contributed by atoms with Crippen LogP contribution in [0.25, 0.3) is 0 Å². The quantitative estimate of drug-likeness (QED) is 0.744. The van der Waals surface area contributed by atoms with Gasteiger partial charge in [0.2, 0.25) is 0 Å². The van der Waals surface area contributed by atoms with Crippen molar-refractivity contribution in [2.24, 2.45) is 5.92 Å². The Morgan fingerprint density at radius 3 is 2.00 bits per heavy atom. The van der Waals surface area contributed by atoms with Gasteiger partial charge >= 0.3 is 0 Å². The van der Waals surface area contributed by atoms with E-state index >= 15 is 0 Å². The third kappa shape index (κ3) is 24.7. The largest absolute Gasteiger partial charge is 0.541 e. The second-order valence-corrected chi connectivity index (χ2v) is 2.96. The number of thioether (sulfide) groups is 1. The molecular formula is C8H16LaOS-2. The Morgan fingerprint density at radius 1 is 1.55 bits per heavy atom. The molecule has 0 bridgehead atoms. The smallest absolute Gasteiger partial charge is 0 e. The summed E-state index contributed by atoms with van der Waals surface area (Å²) < 4.78 is 0. The molecule has 3 heteroatoms. The van der Waals surface area contributed by atoms with Gasteiger partial charge < -0.3 is 11.2 Å². The molecule has 0 heterocycles. The maximum absolute atomic E-state index is 9.76. The first-order chi connectivity index (χ1) is 4.72. The molecule has 1 unspecified atom stereocenters. The molecule has 0 aromatic rings.